The normalized spacial score (nSPS) is 14.1. The summed E-state index contributed by atoms with van der Waals surface area (Å²) in [5, 5.41) is 10.5. The van der Waals surface area contributed by atoms with Gasteiger partial charge in [-0.2, -0.15) is 0 Å². The molecule has 3 nitrogen and oxygen atoms in total. The SMILES string of the molecule is CCOC(CC)(CC)c1ncc(C(C)O)s1. The Balaban J connectivity index is 3.00. The number of aromatic nitrogens is 1. The van der Waals surface area contributed by atoms with Crippen LogP contribution in [-0.4, -0.2) is 16.7 Å². The Kier molecular flexibility index (Phi) is 4.89. The van der Waals surface area contributed by atoms with Gasteiger partial charge in [-0.1, -0.05) is 13.8 Å². The molecule has 0 amide bonds. The first kappa shape index (κ1) is 13.6. The molecule has 1 aromatic heterocycles. The van der Waals surface area contributed by atoms with Crippen molar-refractivity contribution < 1.29 is 9.84 Å². The number of hydrogen-bond donors (Lipinski definition) is 1. The first-order valence-electron chi connectivity index (χ1n) is 5.87. The molecular weight excluding hydrogens is 222 g/mol. The lowest BCUT2D eigenvalue weighted by molar-refractivity contribution is -0.0506. The number of ether oxygens (including phenoxy) is 1. The summed E-state index contributed by atoms with van der Waals surface area (Å²) in [4.78, 5) is 5.31. The molecule has 0 saturated heterocycles. The molecule has 16 heavy (non-hydrogen) atoms. The minimum atomic E-state index is -0.445. The molecule has 1 heterocycles. The highest BCUT2D eigenvalue weighted by molar-refractivity contribution is 7.11. The maximum absolute atomic E-state index is 9.51. The maximum atomic E-state index is 9.51. The van der Waals surface area contributed by atoms with Gasteiger partial charge in [-0.25, -0.2) is 4.98 Å². The van der Waals surface area contributed by atoms with Crippen molar-refractivity contribution >= 4 is 11.3 Å². The molecule has 4 heteroatoms. The van der Waals surface area contributed by atoms with Gasteiger partial charge in [-0.15, -0.1) is 11.3 Å². The third-order valence-electron chi connectivity index (χ3n) is 2.89. The average molecular weight is 243 g/mol. The molecule has 0 bridgehead atoms. The van der Waals surface area contributed by atoms with Gasteiger partial charge in [0.15, 0.2) is 0 Å². The van der Waals surface area contributed by atoms with Crippen LogP contribution in [0.5, 0.6) is 0 Å². The van der Waals surface area contributed by atoms with E-state index in [2.05, 4.69) is 18.8 Å². The number of rotatable bonds is 6. The molecule has 1 atom stereocenters. The minimum absolute atomic E-state index is 0.271. The highest BCUT2D eigenvalue weighted by Gasteiger charge is 2.32. The lowest BCUT2D eigenvalue weighted by atomic mass is 9.98. The monoisotopic (exact) mass is 243 g/mol. The third kappa shape index (κ3) is 2.62. The van der Waals surface area contributed by atoms with E-state index in [0.717, 1.165) is 22.7 Å². The Labute approximate surface area is 101 Å². The summed E-state index contributed by atoms with van der Waals surface area (Å²) in [6.45, 7) is 8.68. The topological polar surface area (TPSA) is 42.4 Å². The van der Waals surface area contributed by atoms with Gasteiger partial charge < -0.3 is 9.84 Å². The van der Waals surface area contributed by atoms with Crippen LogP contribution in [0.1, 0.15) is 56.5 Å². The van der Waals surface area contributed by atoms with E-state index in [1.165, 1.54) is 0 Å². The van der Waals surface area contributed by atoms with Gasteiger partial charge in [-0.3, -0.25) is 0 Å². The zero-order chi connectivity index (χ0) is 12.2. The smallest absolute Gasteiger partial charge is 0.125 e. The van der Waals surface area contributed by atoms with Gasteiger partial charge >= 0.3 is 0 Å². The van der Waals surface area contributed by atoms with Crippen LogP contribution >= 0.6 is 11.3 Å². The van der Waals surface area contributed by atoms with Crippen molar-refractivity contribution in [3.8, 4) is 0 Å². The van der Waals surface area contributed by atoms with E-state index in [1.807, 2.05) is 6.92 Å². The van der Waals surface area contributed by atoms with E-state index in [-0.39, 0.29) is 5.60 Å². The lowest BCUT2D eigenvalue weighted by Crippen LogP contribution is -2.28. The predicted octanol–water partition coefficient (Wildman–Crippen LogP) is 3.25. The molecular formula is C12H21NO2S. The zero-order valence-corrected chi connectivity index (χ0v) is 11.3. The van der Waals surface area contributed by atoms with Gasteiger partial charge in [0, 0.05) is 12.8 Å². The van der Waals surface area contributed by atoms with E-state index >= 15 is 0 Å². The van der Waals surface area contributed by atoms with Crippen LogP contribution in [-0.2, 0) is 10.3 Å². The first-order chi connectivity index (χ1) is 7.59. The Morgan fingerprint density at radius 1 is 1.44 bits per heavy atom. The third-order valence-corrected chi connectivity index (χ3v) is 4.24. The molecule has 1 rings (SSSR count). The Hall–Kier alpha value is -0.450. The van der Waals surface area contributed by atoms with Crippen molar-refractivity contribution in [1.82, 2.24) is 4.98 Å². The zero-order valence-electron chi connectivity index (χ0n) is 10.5. The highest BCUT2D eigenvalue weighted by Crippen LogP contribution is 2.36. The van der Waals surface area contributed by atoms with Crippen LogP contribution in [0.15, 0.2) is 6.20 Å². The van der Waals surface area contributed by atoms with E-state index in [1.54, 1.807) is 24.5 Å². The largest absolute Gasteiger partial charge is 0.388 e. The van der Waals surface area contributed by atoms with Crippen LogP contribution in [0.2, 0.25) is 0 Å². The summed E-state index contributed by atoms with van der Waals surface area (Å²) in [5.74, 6) is 0. The van der Waals surface area contributed by atoms with Gasteiger partial charge in [0.05, 0.1) is 11.0 Å². The van der Waals surface area contributed by atoms with Crippen molar-refractivity contribution in [2.24, 2.45) is 0 Å². The van der Waals surface area contributed by atoms with E-state index in [0.29, 0.717) is 6.61 Å². The number of aliphatic hydroxyl groups is 1. The van der Waals surface area contributed by atoms with Crippen molar-refractivity contribution in [3.05, 3.63) is 16.1 Å². The molecule has 1 N–H and O–H groups in total. The summed E-state index contributed by atoms with van der Waals surface area (Å²) in [6.07, 6.45) is 3.12. The fourth-order valence-electron chi connectivity index (χ4n) is 1.78. The quantitative estimate of drug-likeness (QED) is 0.834. The van der Waals surface area contributed by atoms with Crippen molar-refractivity contribution in [1.29, 1.82) is 0 Å². The Morgan fingerprint density at radius 2 is 2.06 bits per heavy atom. The van der Waals surface area contributed by atoms with Gasteiger partial charge in [0.2, 0.25) is 0 Å². The Bertz CT molecular complexity index is 319. The number of hydrogen-bond acceptors (Lipinski definition) is 4. The van der Waals surface area contributed by atoms with Crippen LogP contribution in [0.3, 0.4) is 0 Å². The van der Waals surface area contributed by atoms with Crippen LogP contribution < -0.4 is 0 Å². The maximum Gasteiger partial charge on any atom is 0.125 e. The number of aliphatic hydroxyl groups excluding tert-OH is 1. The molecule has 0 spiro atoms. The second kappa shape index (κ2) is 5.75. The van der Waals surface area contributed by atoms with Crippen LogP contribution in [0.25, 0.3) is 0 Å². The molecule has 0 aromatic carbocycles. The molecule has 0 fully saturated rings. The fourth-order valence-corrected chi connectivity index (χ4v) is 2.92. The second-order valence-electron chi connectivity index (χ2n) is 3.88. The van der Waals surface area contributed by atoms with E-state index < -0.39 is 6.10 Å². The Morgan fingerprint density at radius 3 is 2.44 bits per heavy atom. The molecule has 1 aromatic rings. The summed E-state index contributed by atoms with van der Waals surface area (Å²) < 4.78 is 5.87. The number of thiazole rings is 1. The summed E-state index contributed by atoms with van der Waals surface area (Å²) in [7, 11) is 0. The molecule has 1 unspecified atom stereocenters. The van der Waals surface area contributed by atoms with Gasteiger partial charge in [0.1, 0.15) is 10.6 Å². The van der Waals surface area contributed by atoms with Crippen LogP contribution in [0, 0.1) is 0 Å². The van der Waals surface area contributed by atoms with Gasteiger partial charge in [-0.05, 0) is 26.7 Å². The fraction of sp³-hybridized carbons (Fsp3) is 0.750. The van der Waals surface area contributed by atoms with E-state index in [4.69, 9.17) is 4.74 Å². The molecule has 0 radical (unpaired) electrons. The summed E-state index contributed by atoms with van der Waals surface area (Å²) >= 11 is 1.55. The summed E-state index contributed by atoms with van der Waals surface area (Å²) in [6, 6.07) is 0. The van der Waals surface area contributed by atoms with E-state index in [9.17, 15) is 5.11 Å². The average Bonchev–Trinajstić information content (AvgIpc) is 2.76. The van der Waals surface area contributed by atoms with Crippen molar-refractivity contribution in [3.63, 3.8) is 0 Å². The van der Waals surface area contributed by atoms with Crippen molar-refractivity contribution in [2.45, 2.75) is 52.2 Å². The summed E-state index contributed by atoms with van der Waals surface area (Å²) in [5.41, 5.74) is -0.271. The first-order valence-corrected chi connectivity index (χ1v) is 6.69. The number of nitrogens with zero attached hydrogens (tertiary/aromatic N) is 1. The molecule has 0 aliphatic carbocycles. The lowest BCUT2D eigenvalue weighted by Gasteiger charge is -2.29. The minimum Gasteiger partial charge on any atom is -0.388 e. The van der Waals surface area contributed by atoms with Crippen LogP contribution in [0.4, 0.5) is 0 Å². The standard InChI is InChI=1S/C12H21NO2S/c1-5-12(6-2,15-7-3)11-13-8-10(16-11)9(4)14/h8-9,14H,5-7H2,1-4H3. The van der Waals surface area contributed by atoms with Gasteiger partial charge in [0.25, 0.3) is 0 Å². The molecule has 0 aliphatic heterocycles. The molecule has 92 valence electrons. The molecule has 0 aliphatic rings. The molecule has 0 saturated carbocycles. The van der Waals surface area contributed by atoms with Crippen molar-refractivity contribution in [2.75, 3.05) is 6.61 Å². The predicted molar refractivity (Wildman–Crippen MR) is 66.6 cm³/mol. The highest BCUT2D eigenvalue weighted by atomic mass is 32.1. The second-order valence-corrected chi connectivity index (χ2v) is 4.94.